The fourth-order valence-electron chi connectivity index (χ4n) is 2.68. The molecule has 1 atom stereocenters. The maximum atomic E-state index is 12.3. The van der Waals surface area contributed by atoms with Crippen LogP contribution < -0.4 is 5.32 Å². The zero-order valence-electron chi connectivity index (χ0n) is 14.7. The van der Waals surface area contributed by atoms with E-state index >= 15 is 0 Å². The molecule has 0 radical (unpaired) electrons. The third kappa shape index (κ3) is 3.19. The summed E-state index contributed by atoms with van der Waals surface area (Å²) in [5.41, 5.74) is 1.72. The van der Waals surface area contributed by atoms with Crippen molar-refractivity contribution >= 4 is 40.8 Å². The topological polar surface area (TPSA) is 73.2 Å². The van der Waals surface area contributed by atoms with Gasteiger partial charge in [-0.05, 0) is 51.5 Å². The highest BCUT2D eigenvalue weighted by Gasteiger charge is 2.67. The van der Waals surface area contributed by atoms with Gasteiger partial charge in [0.2, 0.25) is 5.91 Å². The molecule has 0 aliphatic heterocycles. The first-order chi connectivity index (χ1) is 12.2. The van der Waals surface area contributed by atoms with Gasteiger partial charge in [-0.25, -0.2) is 9.48 Å². The molecule has 2 aromatic rings. The zero-order chi connectivity index (χ0) is 19.1. The maximum Gasteiger partial charge on any atom is 0.341 e. The van der Waals surface area contributed by atoms with Crippen molar-refractivity contribution in [3.05, 3.63) is 41.7 Å². The number of nitrogens with zero attached hydrogens (tertiary/aromatic N) is 2. The first kappa shape index (κ1) is 18.7. The third-order valence-electron chi connectivity index (χ3n) is 4.63. The molecule has 1 fully saturated rings. The summed E-state index contributed by atoms with van der Waals surface area (Å²) in [6.45, 7) is 5.60. The Balaban J connectivity index is 1.74. The van der Waals surface area contributed by atoms with E-state index in [1.165, 1.54) is 6.20 Å². The highest BCUT2D eigenvalue weighted by atomic mass is 35.5. The van der Waals surface area contributed by atoms with E-state index in [-0.39, 0.29) is 5.91 Å². The van der Waals surface area contributed by atoms with Gasteiger partial charge in [0.05, 0.1) is 29.6 Å². The fourth-order valence-corrected chi connectivity index (χ4v) is 3.39. The van der Waals surface area contributed by atoms with Gasteiger partial charge in [-0.15, -0.1) is 23.2 Å². The molecule has 1 saturated carbocycles. The maximum absolute atomic E-state index is 12.3. The second-order valence-electron chi connectivity index (χ2n) is 6.49. The van der Waals surface area contributed by atoms with Crippen LogP contribution in [0.3, 0.4) is 0 Å². The molecule has 26 heavy (non-hydrogen) atoms. The highest BCUT2D eigenvalue weighted by molar-refractivity contribution is 6.53. The molecule has 1 aliphatic rings. The zero-order valence-corrected chi connectivity index (χ0v) is 16.2. The molecule has 138 valence electrons. The van der Waals surface area contributed by atoms with Gasteiger partial charge in [0, 0.05) is 5.69 Å². The predicted molar refractivity (Wildman–Crippen MR) is 100 cm³/mol. The fraction of sp³-hybridized carbons (Fsp3) is 0.389. The normalized spacial score (nSPS) is 20.5. The number of hydrogen-bond acceptors (Lipinski definition) is 4. The Labute approximate surface area is 161 Å². The summed E-state index contributed by atoms with van der Waals surface area (Å²) in [7, 11) is 0. The molecule has 0 bridgehead atoms. The largest absolute Gasteiger partial charge is 0.462 e. The Morgan fingerprint density at radius 3 is 2.46 bits per heavy atom. The molecule has 1 aromatic heterocycles. The van der Waals surface area contributed by atoms with Crippen molar-refractivity contribution in [1.29, 1.82) is 0 Å². The molecule has 0 saturated heterocycles. The van der Waals surface area contributed by atoms with Gasteiger partial charge < -0.3 is 10.1 Å². The lowest BCUT2D eigenvalue weighted by molar-refractivity contribution is -0.120. The summed E-state index contributed by atoms with van der Waals surface area (Å²) in [5.74, 6) is -0.612. The molecule has 0 spiro atoms. The van der Waals surface area contributed by atoms with Crippen LogP contribution in [0, 0.1) is 12.3 Å². The molecule has 1 N–H and O–H groups in total. The molecular weight excluding hydrogens is 377 g/mol. The number of carbonyl (C=O) groups is 2. The van der Waals surface area contributed by atoms with Crippen LogP contribution in [0.2, 0.25) is 0 Å². The molecule has 1 aromatic carbocycles. The Morgan fingerprint density at radius 1 is 1.31 bits per heavy atom. The summed E-state index contributed by atoms with van der Waals surface area (Å²) in [5, 5.41) is 7.06. The van der Waals surface area contributed by atoms with E-state index in [0.717, 1.165) is 5.69 Å². The van der Waals surface area contributed by atoms with Gasteiger partial charge in [-0.3, -0.25) is 4.79 Å². The number of rotatable bonds is 5. The molecule has 8 heteroatoms. The number of alkyl halides is 2. The van der Waals surface area contributed by atoms with Crippen LogP contribution in [0.15, 0.2) is 30.5 Å². The number of anilines is 1. The Bertz CT molecular complexity index is 861. The van der Waals surface area contributed by atoms with E-state index in [4.69, 9.17) is 27.9 Å². The standard InChI is InChI=1S/C18H19Cl2N3O3/c1-4-26-15(24)14-9-21-23(11(14)2)13-7-5-12(6-8-13)22-16(25)17(3)10-18(17,19)20/h5-9H,4,10H2,1-3H3,(H,22,25). The number of ether oxygens (including phenoxy) is 1. The molecule has 1 aliphatic carbocycles. The van der Waals surface area contributed by atoms with Crippen molar-refractivity contribution < 1.29 is 14.3 Å². The quantitative estimate of drug-likeness (QED) is 0.615. The van der Waals surface area contributed by atoms with Gasteiger partial charge in [-0.2, -0.15) is 5.10 Å². The molecule has 1 amide bonds. The first-order valence-corrected chi connectivity index (χ1v) is 8.96. The van der Waals surface area contributed by atoms with Crippen LogP contribution in [-0.4, -0.2) is 32.6 Å². The predicted octanol–water partition coefficient (Wildman–Crippen LogP) is 3.88. The summed E-state index contributed by atoms with van der Waals surface area (Å²) in [4.78, 5) is 24.2. The average molecular weight is 396 g/mol. The van der Waals surface area contributed by atoms with E-state index < -0.39 is 15.7 Å². The monoisotopic (exact) mass is 395 g/mol. The van der Waals surface area contributed by atoms with Crippen LogP contribution in [0.25, 0.3) is 5.69 Å². The van der Waals surface area contributed by atoms with Crippen LogP contribution in [0.5, 0.6) is 0 Å². The summed E-state index contributed by atoms with van der Waals surface area (Å²) >= 11 is 12.1. The van der Waals surface area contributed by atoms with Crippen molar-refractivity contribution in [2.24, 2.45) is 5.41 Å². The number of nitrogens with one attached hydrogen (secondary N) is 1. The number of hydrogen-bond donors (Lipinski definition) is 1. The summed E-state index contributed by atoms with van der Waals surface area (Å²) in [6, 6.07) is 7.12. The van der Waals surface area contributed by atoms with Crippen molar-refractivity contribution in [3.8, 4) is 5.69 Å². The number of halogens is 2. The van der Waals surface area contributed by atoms with Gasteiger partial charge >= 0.3 is 5.97 Å². The minimum atomic E-state index is -1.01. The van der Waals surface area contributed by atoms with Crippen molar-refractivity contribution in [3.63, 3.8) is 0 Å². The number of esters is 1. The van der Waals surface area contributed by atoms with E-state index in [2.05, 4.69) is 10.4 Å². The SMILES string of the molecule is CCOC(=O)c1cnn(-c2ccc(NC(=O)C3(C)CC3(Cl)Cl)cc2)c1C. The molecule has 1 heterocycles. The van der Waals surface area contributed by atoms with Crippen molar-refractivity contribution in [2.75, 3.05) is 11.9 Å². The Hall–Kier alpha value is -2.05. The lowest BCUT2D eigenvalue weighted by atomic mass is 10.1. The first-order valence-electron chi connectivity index (χ1n) is 8.21. The Kier molecular flexibility index (Phi) is 4.75. The van der Waals surface area contributed by atoms with Gasteiger partial charge in [-0.1, -0.05) is 0 Å². The smallest absolute Gasteiger partial charge is 0.341 e. The highest BCUT2D eigenvalue weighted by Crippen LogP contribution is 2.64. The Morgan fingerprint density at radius 2 is 1.92 bits per heavy atom. The minimum absolute atomic E-state index is 0.213. The number of benzene rings is 1. The lowest BCUT2D eigenvalue weighted by Crippen LogP contribution is -2.25. The number of amides is 1. The van der Waals surface area contributed by atoms with Crippen LogP contribution in [-0.2, 0) is 9.53 Å². The molecule has 1 unspecified atom stereocenters. The summed E-state index contributed by atoms with van der Waals surface area (Å²) in [6.07, 6.45) is 1.91. The van der Waals surface area contributed by atoms with Crippen LogP contribution in [0.4, 0.5) is 5.69 Å². The van der Waals surface area contributed by atoms with E-state index in [1.54, 1.807) is 49.7 Å². The minimum Gasteiger partial charge on any atom is -0.462 e. The summed E-state index contributed by atoms with van der Waals surface area (Å²) < 4.78 is 5.65. The third-order valence-corrected chi connectivity index (χ3v) is 5.74. The van der Waals surface area contributed by atoms with E-state index in [1.807, 2.05) is 0 Å². The molecule has 3 rings (SSSR count). The van der Waals surface area contributed by atoms with Crippen molar-refractivity contribution in [2.45, 2.75) is 31.5 Å². The molecule has 6 nitrogen and oxygen atoms in total. The van der Waals surface area contributed by atoms with E-state index in [9.17, 15) is 9.59 Å². The average Bonchev–Trinajstić information content (AvgIpc) is 2.91. The van der Waals surface area contributed by atoms with Crippen LogP contribution >= 0.6 is 23.2 Å². The number of carbonyl (C=O) groups excluding carboxylic acids is 2. The number of aromatic nitrogens is 2. The van der Waals surface area contributed by atoms with Crippen LogP contribution in [0.1, 0.15) is 36.3 Å². The van der Waals surface area contributed by atoms with Gasteiger partial charge in [0.1, 0.15) is 9.90 Å². The van der Waals surface area contributed by atoms with Gasteiger partial charge in [0.15, 0.2) is 0 Å². The second kappa shape index (κ2) is 6.59. The molecular formula is C18H19Cl2N3O3. The van der Waals surface area contributed by atoms with Crippen molar-refractivity contribution in [1.82, 2.24) is 9.78 Å². The lowest BCUT2D eigenvalue weighted by Gasteiger charge is -2.13. The second-order valence-corrected chi connectivity index (χ2v) is 7.97. The van der Waals surface area contributed by atoms with E-state index in [0.29, 0.717) is 30.0 Å². The van der Waals surface area contributed by atoms with Gasteiger partial charge in [0.25, 0.3) is 0 Å².